The van der Waals surface area contributed by atoms with Crippen molar-refractivity contribution in [1.82, 2.24) is 9.97 Å². The van der Waals surface area contributed by atoms with Gasteiger partial charge in [-0.25, -0.2) is 9.97 Å². The van der Waals surface area contributed by atoms with Crippen LogP contribution >= 0.6 is 11.3 Å². The Labute approximate surface area is 124 Å². The number of aryl methyl sites for hydroxylation is 2. The molecule has 1 unspecified atom stereocenters. The molecule has 0 radical (unpaired) electrons. The fourth-order valence-electron chi connectivity index (χ4n) is 2.13. The molecule has 1 atom stereocenters. The van der Waals surface area contributed by atoms with Gasteiger partial charge in [0.2, 0.25) is 0 Å². The Morgan fingerprint density at radius 1 is 1.35 bits per heavy atom. The summed E-state index contributed by atoms with van der Waals surface area (Å²) in [7, 11) is 0. The Bertz CT molecular complexity index is 565. The van der Waals surface area contributed by atoms with Crippen LogP contribution in [0.5, 0.6) is 0 Å². The number of thiazole rings is 1. The summed E-state index contributed by atoms with van der Waals surface area (Å²) >= 11 is 1.75. The Hall–Kier alpha value is -1.62. The highest BCUT2D eigenvalue weighted by Gasteiger charge is 2.12. The van der Waals surface area contributed by atoms with Crippen LogP contribution in [0, 0.1) is 13.8 Å². The Morgan fingerprint density at radius 3 is 2.80 bits per heavy atom. The predicted octanol–water partition coefficient (Wildman–Crippen LogP) is 4.15. The SMILES string of the molecule is CCCNc1cc(NC(C)c2sc(C)nc2C)ccn1. The smallest absolute Gasteiger partial charge is 0.127 e. The van der Waals surface area contributed by atoms with E-state index in [4.69, 9.17) is 0 Å². The van der Waals surface area contributed by atoms with Gasteiger partial charge in [0.25, 0.3) is 0 Å². The molecule has 0 amide bonds. The van der Waals surface area contributed by atoms with Crippen molar-refractivity contribution in [3.63, 3.8) is 0 Å². The van der Waals surface area contributed by atoms with Crippen molar-refractivity contribution in [2.75, 3.05) is 17.2 Å². The van der Waals surface area contributed by atoms with E-state index < -0.39 is 0 Å². The molecule has 20 heavy (non-hydrogen) atoms. The topological polar surface area (TPSA) is 49.8 Å². The predicted molar refractivity (Wildman–Crippen MR) is 86.6 cm³/mol. The molecule has 0 spiro atoms. The maximum atomic E-state index is 4.49. The van der Waals surface area contributed by atoms with Crippen LogP contribution in [0.1, 0.15) is 41.9 Å². The molecule has 0 aliphatic carbocycles. The van der Waals surface area contributed by atoms with Gasteiger partial charge in [-0.15, -0.1) is 11.3 Å². The third-order valence-electron chi connectivity index (χ3n) is 3.03. The van der Waals surface area contributed by atoms with Gasteiger partial charge in [-0.1, -0.05) is 6.92 Å². The molecule has 108 valence electrons. The molecule has 2 aromatic heterocycles. The highest BCUT2D eigenvalue weighted by atomic mass is 32.1. The highest BCUT2D eigenvalue weighted by molar-refractivity contribution is 7.11. The first kappa shape index (κ1) is 14.8. The second-order valence-corrected chi connectivity index (χ2v) is 6.14. The molecule has 2 heterocycles. The van der Waals surface area contributed by atoms with Gasteiger partial charge in [0.15, 0.2) is 0 Å². The first-order valence-corrected chi connectivity index (χ1v) is 7.82. The summed E-state index contributed by atoms with van der Waals surface area (Å²) < 4.78 is 0. The molecule has 0 aromatic carbocycles. The third-order valence-corrected chi connectivity index (χ3v) is 4.29. The second kappa shape index (κ2) is 6.70. The third kappa shape index (κ3) is 3.70. The molecule has 0 aliphatic heterocycles. The molecular weight excluding hydrogens is 268 g/mol. The lowest BCUT2D eigenvalue weighted by atomic mass is 10.2. The number of nitrogens with one attached hydrogen (secondary N) is 2. The fraction of sp³-hybridized carbons (Fsp3) is 0.467. The standard InChI is InChI=1S/C15H22N4S/c1-5-7-16-14-9-13(6-8-17-14)19-11(3)15-10(2)18-12(4)20-15/h6,8-9,11H,5,7H2,1-4H3,(H2,16,17,19). The number of pyridine rings is 1. The summed E-state index contributed by atoms with van der Waals surface area (Å²) in [5.41, 5.74) is 2.20. The summed E-state index contributed by atoms with van der Waals surface area (Å²) in [6.45, 7) is 9.37. The number of rotatable bonds is 6. The molecule has 0 saturated heterocycles. The molecule has 2 aromatic rings. The van der Waals surface area contributed by atoms with E-state index in [1.807, 2.05) is 19.2 Å². The summed E-state index contributed by atoms with van der Waals surface area (Å²) in [5, 5.41) is 7.94. The molecule has 4 nitrogen and oxygen atoms in total. The number of anilines is 2. The van der Waals surface area contributed by atoms with E-state index >= 15 is 0 Å². The molecule has 0 aliphatic rings. The molecule has 0 saturated carbocycles. The van der Waals surface area contributed by atoms with Crippen LogP contribution in [0.4, 0.5) is 11.5 Å². The lowest BCUT2D eigenvalue weighted by Gasteiger charge is -2.15. The highest BCUT2D eigenvalue weighted by Crippen LogP contribution is 2.27. The zero-order valence-electron chi connectivity index (χ0n) is 12.5. The molecular formula is C15H22N4S. The van der Waals surface area contributed by atoms with Crippen LogP contribution in [-0.4, -0.2) is 16.5 Å². The Morgan fingerprint density at radius 2 is 2.15 bits per heavy atom. The van der Waals surface area contributed by atoms with Gasteiger partial charge in [-0.2, -0.15) is 0 Å². The first-order valence-electron chi connectivity index (χ1n) is 7.00. The van der Waals surface area contributed by atoms with Crippen LogP contribution in [-0.2, 0) is 0 Å². The lowest BCUT2D eigenvalue weighted by Crippen LogP contribution is -2.07. The van der Waals surface area contributed by atoms with Crippen LogP contribution in [0.2, 0.25) is 0 Å². The maximum absolute atomic E-state index is 4.49. The van der Waals surface area contributed by atoms with E-state index in [9.17, 15) is 0 Å². The largest absolute Gasteiger partial charge is 0.377 e. The van der Waals surface area contributed by atoms with Crippen molar-refractivity contribution in [3.8, 4) is 0 Å². The van der Waals surface area contributed by atoms with E-state index in [0.29, 0.717) is 0 Å². The van der Waals surface area contributed by atoms with Crippen LogP contribution in [0.25, 0.3) is 0 Å². The normalized spacial score (nSPS) is 12.2. The molecule has 5 heteroatoms. The van der Waals surface area contributed by atoms with Gasteiger partial charge in [0, 0.05) is 29.4 Å². The summed E-state index contributed by atoms with van der Waals surface area (Å²) in [4.78, 5) is 10.1. The van der Waals surface area contributed by atoms with Crippen LogP contribution in [0.3, 0.4) is 0 Å². The summed E-state index contributed by atoms with van der Waals surface area (Å²) in [5.74, 6) is 0.918. The quantitative estimate of drug-likeness (QED) is 0.839. The maximum Gasteiger partial charge on any atom is 0.127 e. The minimum Gasteiger partial charge on any atom is -0.377 e. The fourth-order valence-corrected chi connectivity index (χ4v) is 3.06. The van der Waals surface area contributed by atoms with Crippen molar-refractivity contribution in [1.29, 1.82) is 0 Å². The van der Waals surface area contributed by atoms with Gasteiger partial charge < -0.3 is 10.6 Å². The van der Waals surface area contributed by atoms with Gasteiger partial charge in [-0.3, -0.25) is 0 Å². The van der Waals surface area contributed by atoms with Crippen LogP contribution < -0.4 is 10.6 Å². The van der Waals surface area contributed by atoms with Gasteiger partial charge in [0.05, 0.1) is 16.7 Å². The number of hydrogen-bond acceptors (Lipinski definition) is 5. The second-order valence-electron chi connectivity index (χ2n) is 4.91. The summed E-state index contributed by atoms with van der Waals surface area (Å²) in [6, 6.07) is 4.30. The van der Waals surface area contributed by atoms with E-state index in [1.54, 1.807) is 11.3 Å². The summed E-state index contributed by atoms with van der Waals surface area (Å²) in [6.07, 6.45) is 2.92. The van der Waals surface area contributed by atoms with Crippen molar-refractivity contribution < 1.29 is 0 Å². The van der Waals surface area contributed by atoms with Gasteiger partial charge in [-0.05, 0) is 33.3 Å². The zero-order chi connectivity index (χ0) is 14.5. The minimum absolute atomic E-state index is 0.252. The van der Waals surface area contributed by atoms with Crippen molar-refractivity contribution in [2.45, 2.75) is 40.2 Å². The lowest BCUT2D eigenvalue weighted by molar-refractivity contribution is 0.888. The monoisotopic (exact) mass is 290 g/mol. The van der Waals surface area contributed by atoms with Gasteiger partial charge >= 0.3 is 0 Å². The number of nitrogens with zero attached hydrogens (tertiary/aromatic N) is 2. The Balaban J connectivity index is 2.07. The van der Waals surface area contributed by atoms with E-state index in [2.05, 4.69) is 47.4 Å². The van der Waals surface area contributed by atoms with Crippen molar-refractivity contribution >= 4 is 22.8 Å². The van der Waals surface area contributed by atoms with Crippen LogP contribution in [0.15, 0.2) is 18.3 Å². The number of hydrogen-bond donors (Lipinski definition) is 2. The van der Waals surface area contributed by atoms with Crippen molar-refractivity contribution in [2.24, 2.45) is 0 Å². The van der Waals surface area contributed by atoms with E-state index in [1.165, 1.54) is 4.88 Å². The van der Waals surface area contributed by atoms with E-state index in [-0.39, 0.29) is 6.04 Å². The average molecular weight is 290 g/mol. The molecule has 2 rings (SSSR count). The van der Waals surface area contributed by atoms with E-state index in [0.717, 1.165) is 35.2 Å². The molecule has 0 bridgehead atoms. The molecule has 0 fully saturated rings. The average Bonchev–Trinajstić information content (AvgIpc) is 2.76. The number of aromatic nitrogens is 2. The van der Waals surface area contributed by atoms with Crippen molar-refractivity contribution in [3.05, 3.63) is 33.9 Å². The first-order chi connectivity index (χ1) is 9.60. The van der Waals surface area contributed by atoms with Gasteiger partial charge in [0.1, 0.15) is 5.82 Å². The minimum atomic E-state index is 0.252. The zero-order valence-corrected chi connectivity index (χ0v) is 13.3. The molecule has 2 N–H and O–H groups in total. The Kier molecular flexibility index (Phi) is 4.95.